The summed E-state index contributed by atoms with van der Waals surface area (Å²) >= 11 is 0. The molecule has 0 N–H and O–H groups in total. The van der Waals surface area contributed by atoms with Gasteiger partial charge in [0.15, 0.2) is 5.82 Å². The summed E-state index contributed by atoms with van der Waals surface area (Å²) in [5.41, 5.74) is 5.29. The van der Waals surface area contributed by atoms with Crippen LogP contribution in [0.3, 0.4) is 0 Å². The number of aliphatic imine (C=N–C) groups is 1. The predicted molar refractivity (Wildman–Crippen MR) is 139 cm³/mol. The van der Waals surface area contributed by atoms with Gasteiger partial charge in [-0.05, 0) is 61.0 Å². The Morgan fingerprint density at radius 3 is 2.17 bits per heavy atom. The maximum Gasteiger partial charge on any atom is 0.343 e. The summed E-state index contributed by atoms with van der Waals surface area (Å²) in [7, 11) is 0. The van der Waals surface area contributed by atoms with Crippen molar-refractivity contribution < 1.29 is 9.53 Å². The first-order chi connectivity index (χ1) is 17.2. The SMILES string of the molecule is Cc1ccc(C(=O)Oc2ccc(C=Nc3cc(-c4ccccc4)nn3-c3ccccc3)cc2)cc1. The van der Waals surface area contributed by atoms with Crippen LogP contribution in [0, 0.1) is 6.92 Å². The summed E-state index contributed by atoms with van der Waals surface area (Å²) in [6, 6.07) is 36.5. The smallest absolute Gasteiger partial charge is 0.343 e. The first-order valence-corrected chi connectivity index (χ1v) is 11.3. The summed E-state index contributed by atoms with van der Waals surface area (Å²) in [5.74, 6) is 0.810. The Kier molecular flexibility index (Phi) is 6.31. The molecule has 0 fully saturated rings. The third-order valence-electron chi connectivity index (χ3n) is 5.48. The van der Waals surface area contributed by atoms with E-state index < -0.39 is 0 Å². The lowest BCUT2D eigenvalue weighted by Crippen LogP contribution is -2.08. The van der Waals surface area contributed by atoms with Gasteiger partial charge in [-0.1, -0.05) is 66.2 Å². The third kappa shape index (κ3) is 5.25. The van der Waals surface area contributed by atoms with Gasteiger partial charge in [0.2, 0.25) is 0 Å². The van der Waals surface area contributed by atoms with Crippen molar-refractivity contribution >= 4 is 18.0 Å². The molecule has 35 heavy (non-hydrogen) atoms. The Morgan fingerprint density at radius 1 is 0.829 bits per heavy atom. The minimum Gasteiger partial charge on any atom is -0.423 e. The summed E-state index contributed by atoms with van der Waals surface area (Å²) in [6.07, 6.45) is 1.77. The van der Waals surface area contributed by atoms with Crippen molar-refractivity contribution in [2.75, 3.05) is 0 Å². The molecule has 1 aromatic heterocycles. The van der Waals surface area contributed by atoms with Gasteiger partial charge in [-0.3, -0.25) is 0 Å². The van der Waals surface area contributed by atoms with Crippen LogP contribution in [0.25, 0.3) is 16.9 Å². The lowest BCUT2D eigenvalue weighted by atomic mass is 10.1. The monoisotopic (exact) mass is 457 g/mol. The minimum absolute atomic E-state index is 0.383. The first-order valence-electron chi connectivity index (χ1n) is 11.3. The van der Waals surface area contributed by atoms with Crippen LogP contribution in [0.4, 0.5) is 5.82 Å². The molecule has 5 nitrogen and oxygen atoms in total. The fourth-order valence-electron chi connectivity index (χ4n) is 3.59. The second-order valence-electron chi connectivity index (χ2n) is 8.08. The molecule has 0 aliphatic carbocycles. The highest BCUT2D eigenvalue weighted by molar-refractivity contribution is 5.91. The number of rotatable bonds is 6. The molecule has 0 aliphatic rings. The average Bonchev–Trinajstić information content (AvgIpc) is 3.34. The van der Waals surface area contributed by atoms with E-state index in [2.05, 4.69) is 0 Å². The van der Waals surface area contributed by atoms with Crippen molar-refractivity contribution in [1.82, 2.24) is 9.78 Å². The Balaban J connectivity index is 1.37. The first kappa shape index (κ1) is 22.0. The van der Waals surface area contributed by atoms with Gasteiger partial charge < -0.3 is 4.74 Å². The van der Waals surface area contributed by atoms with E-state index in [0.717, 1.165) is 28.1 Å². The van der Waals surface area contributed by atoms with Crippen LogP contribution in [-0.2, 0) is 0 Å². The van der Waals surface area contributed by atoms with E-state index in [4.69, 9.17) is 14.8 Å². The maximum atomic E-state index is 12.4. The summed E-state index contributed by atoms with van der Waals surface area (Å²) in [6.45, 7) is 1.98. The second kappa shape index (κ2) is 10.0. The molecule has 1 heterocycles. The molecule has 0 spiro atoms. The number of ether oxygens (including phenoxy) is 1. The van der Waals surface area contributed by atoms with Gasteiger partial charge in [0, 0.05) is 17.8 Å². The predicted octanol–water partition coefficient (Wildman–Crippen LogP) is 6.82. The summed E-state index contributed by atoms with van der Waals surface area (Å²) < 4.78 is 7.32. The fraction of sp³-hybridized carbons (Fsp3) is 0.0333. The Bertz CT molecular complexity index is 1450. The molecule has 0 unspecified atom stereocenters. The number of carbonyl (C=O) groups is 1. The van der Waals surface area contributed by atoms with Crippen LogP contribution < -0.4 is 4.74 Å². The fourth-order valence-corrected chi connectivity index (χ4v) is 3.59. The largest absolute Gasteiger partial charge is 0.423 e. The molecule has 5 rings (SSSR count). The van der Waals surface area contributed by atoms with Crippen LogP contribution in [0.2, 0.25) is 0 Å². The van der Waals surface area contributed by atoms with Crippen LogP contribution in [0.15, 0.2) is 120 Å². The molecule has 0 aliphatic heterocycles. The van der Waals surface area contributed by atoms with E-state index in [0.29, 0.717) is 17.1 Å². The van der Waals surface area contributed by atoms with Gasteiger partial charge in [-0.2, -0.15) is 5.10 Å². The van der Waals surface area contributed by atoms with Gasteiger partial charge in [-0.25, -0.2) is 14.5 Å². The van der Waals surface area contributed by atoms with Crippen LogP contribution >= 0.6 is 0 Å². The molecule has 0 bridgehead atoms. The lowest BCUT2D eigenvalue weighted by molar-refractivity contribution is 0.0735. The van der Waals surface area contributed by atoms with Crippen molar-refractivity contribution in [2.24, 2.45) is 4.99 Å². The Hall–Kier alpha value is -4.77. The van der Waals surface area contributed by atoms with E-state index in [1.165, 1.54) is 0 Å². The van der Waals surface area contributed by atoms with Gasteiger partial charge in [0.25, 0.3) is 0 Å². The molecule has 170 valence electrons. The number of aromatic nitrogens is 2. The number of esters is 1. The van der Waals surface area contributed by atoms with E-state index in [9.17, 15) is 4.79 Å². The van der Waals surface area contributed by atoms with Gasteiger partial charge in [-0.15, -0.1) is 0 Å². The van der Waals surface area contributed by atoms with Crippen molar-refractivity contribution in [2.45, 2.75) is 6.92 Å². The molecule has 0 amide bonds. The van der Waals surface area contributed by atoms with Crippen molar-refractivity contribution in [3.05, 3.63) is 132 Å². The maximum absolute atomic E-state index is 12.4. The molecular formula is C30H23N3O2. The quantitative estimate of drug-likeness (QED) is 0.160. The van der Waals surface area contributed by atoms with Crippen molar-refractivity contribution in [3.8, 4) is 22.7 Å². The Morgan fingerprint density at radius 2 is 1.49 bits per heavy atom. The number of para-hydroxylation sites is 1. The van der Waals surface area contributed by atoms with E-state index in [1.807, 2.05) is 103 Å². The molecule has 5 aromatic rings. The molecule has 0 saturated heterocycles. The van der Waals surface area contributed by atoms with Crippen LogP contribution in [0.5, 0.6) is 5.75 Å². The van der Waals surface area contributed by atoms with E-state index in [1.54, 1.807) is 30.5 Å². The van der Waals surface area contributed by atoms with Gasteiger partial charge >= 0.3 is 5.97 Å². The number of aryl methyl sites for hydroxylation is 1. The summed E-state index contributed by atoms with van der Waals surface area (Å²) in [5, 5.41) is 4.79. The molecular weight excluding hydrogens is 434 g/mol. The molecule has 5 heteroatoms. The molecule has 0 saturated carbocycles. The van der Waals surface area contributed by atoms with Crippen molar-refractivity contribution in [1.29, 1.82) is 0 Å². The van der Waals surface area contributed by atoms with E-state index >= 15 is 0 Å². The highest BCUT2D eigenvalue weighted by atomic mass is 16.5. The molecule has 0 radical (unpaired) electrons. The standard InChI is InChI=1S/C30H23N3O2/c1-22-12-16-25(17-13-22)30(34)35-27-18-14-23(15-19-27)21-31-29-20-28(24-8-4-2-5-9-24)32-33(29)26-10-6-3-7-11-26/h2-21H,1H3. The average molecular weight is 458 g/mol. The Labute approximate surface area is 204 Å². The number of hydrogen-bond donors (Lipinski definition) is 0. The highest BCUT2D eigenvalue weighted by Gasteiger charge is 2.11. The zero-order valence-corrected chi connectivity index (χ0v) is 19.2. The third-order valence-corrected chi connectivity index (χ3v) is 5.48. The highest BCUT2D eigenvalue weighted by Crippen LogP contribution is 2.26. The minimum atomic E-state index is -0.383. The topological polar surface area (TPSA) is 56.5 Å². The van der Waals surface area contributed by atoms with Crippen molar-refractivity contribution in [3.63, 3.8) is 0 Å². The van der Waals surface area contributed by atoms with Gasteiger partial charge in [0.1, 0.15) is 5.75 Å². The van der Waals surface area contributed by atoms with Crippen LogP contribution in [-0.4, -0.2) is 22.0 Å². The van der Waals surface area contributed by atoms with Crippen LogP contribution in [0.1, 0.15) is 21.5 Å². The van der Waals surface area contributed by atoms with Gasteiger partial charge in [0.05, 0.1) is 16.9 Å². The number of carbonyl (C=O) groups excluding carboxylic acids is 1. The number of benzene rings is 4. The summed E-state index contributed by atoms with van der Waals surface area (Å²) in [4.78, 5) is 17.1. The molecule has 4 aromatic carbocycles. The normalized spacial score (nSPS) is 11.0. The second-order valence-corrected chi connectivity index (χ2v) is 8.08. The lowest BCUT2D eigenvalue weighted by Gasteiger charge is -2.05. The number of hydrogen-bond acceptors (Lipinski definition) is 4. The number of nitrogens with zero attached hydrogens (tertiary/aromatic N) is 3. The zero-order chi connectivity index (χ0) is 24.0. The van der Waals surface area contributed by atoms with E-state index in [-0.39, 0.29) is 5.97 Å². The molecule has 0 atom stereocenters. The zero-order valence-electron chi connectivity index (χ0n) is 19.2.